The second kappa shape index (κ2) is 5.82. The topological polar surface area (TPSA) is 16.1 Å². The maximum atomic E-state index is 4.69. The van der Waals surface area contributed by atoms with Crippen molar-refractivity contribution in [3.63, 3.8) is 0 Å². The minimum absolute atomic E-state index is 0.124. The summed E-state index contributed by atoms with van der Waals surface area (Å²) < 4.78 is 0. The Morgan fingerprint density at radius 3 is 2.74 bits per heavy atom. The zero-order chi connectivity index (χ0) is 15.7. The molecule has 0 N–H and O–H groups in total. The molecule has 0 fully saturated rings. The summed E-state index contributed by atoms with van der Waals surface area (Å²) in [5.41, 5.74) is 4.26. The number of hydrogen-bond donors (Lipinski definition) is 0. The lowest BCUT2D eigenvalue weighted by Crippen LogP contribution is -2.32. The molecule has 1 aliphatic rings. The van der Waals surface area contributed by atoms with Crippen LogP contribution >= 0.6 is 11.3 Å². The Labute approximate surface area is 141 Å². The molecule has 3 aromatic rings. The van der Waals surface area contributed by atoms with Gasteiger partial charge in [-0.15, -0.1) is 0 Å². The average molecular weight is 320 g/mol. The highest BCUT2D eigenvalue weighted by Crippen LogP contribution is 2.42. The van der Waals surface area contributed by atoms with E-state index in [1.165, 1.54) is 16.7 Å². The number of nitrogens with zero attached hydrogens (tertiary/aromatic N) is 2. The number of benzene rings is 1. The van der Waals surface area contributed by atoms with Gasteiger partial charge in [0.15, 0.2) is 0 Å². The van der Waals surface area contributed by atoms with E-state index >= 15 is 0 Å². The van der Waals surface area contributed by atoms with Gasteiger partial charge in [0, 0.05) is 30.3 Å². The largest absolute Gasteiger partial charge is 0.351 e. The summed E-state index contributed by atoms with van der Waals surface area (Å²) in [6.45, 7) is 4.31. The fourth-order valence-electron chi connectivity index (χ4n) is 3.63. The van der Waals surface area contributed by atoms with E-state index in [-0.39, 0.29) is 5.41 Å². The molecule has 1 aliphatic heterocycles. The Bertz CT molecular complexity index is 782. The van der Waals surface area contributed by atoms with Crippen LogP contribution in [0.1, 0.15) is 23.6 Å². The van der Waals surface area contributed by atoms with Crippen molar-refractivity contribution in [1.82, 2.24) is 4.98 Å². The van der Waals surface area contributed by atoms with Gasteiger partial charge in [-0.3, -0.25) is 0 Å². The predicted molar refractivity (Wildman–Crippen MR) is 97.1 cm³/mol. The Morgan fingerprint density at radius 1 is 1.09 bits per heavy atom. The molecular formula is C20H20N2S. The van der Waals surface area contributed by atoms with Crippen molar-refractivity contribution in [3.05, 3.63) is 82.2 Å². The maximum absolute atomic E-state index is 4.69. The zero-order valence-electron chi connectivity index (χ0n) is 13.3. The molecular weight excluding hydrogens is 300 g/mol. The van der Waals surface area contributed by atoms with Crippen molar-refractivity contribution in [1.29, 1.82) is 0 Å². The minimum atomic E-state index is 0.124. The molecule has 0 unspecified atom stereocenters. The Morgan fingerprint density at radius 2 is 1.96 bits per heavy atom. The molecule has 1 aromatic carbocycles. The molecule has 2 nitrogen and oxygen atoms in total. The third-order valence-electron chi connectivity index (χ3n) is 4.67. The maximum Gasteiger partial charge on any atom is 0.132 e. The van der Waals surface area contributed by atoms with Gasteiger partial charge in [0.25, 0.3) is 0 Å². The molecule has 0 bridgehead atoms. The average Bonchev–Trinajstić information content (AvgIpc) is 3.16. The SMILES string of the molecule is C[C@@]1(Cc2ccsc2)CN(Cc2ccccc2)c2ncccc21. The number of anilines is 1. The molecule has 3 heteroatoms. The van der Waals surface area contributed by atoms with Gasteiger partial charge < -0.3 is 4.90 Å². The second-order valence-electron chi connectivity index (χ2n) is 6.59. The van der Waals surface area contributed by atoms with Crippen molar-refractivity contribution in [2.75, 3.05) is 11.4 Å². The van der Waals surface area contributed by atoms with Gasteiger partial charge in [-0.2, -0.15) is 11.3 Å². The number of hydrogen-bond acceptors (Lipinski definition) is 3. The van der Waals surface area contributed by atoms with Crippen LogP contribution in [0.25, 0.3) is 0 Å². The molecule has 3 heterocycles. The first-order chi connectivity index (χ1) is 11.2. The Kier molecular flexibility index (Phi) is 3.66. The van der Waals surface area contributed by atoms with Crippen LogP contribution in [0.4, 0.5) is 5.82 Å². The molecule has 0 spiro atoms. The fraction of sp³-hybridized carbons (Fsp3) is 0.250. The third kappa shape index (κ3) is 2.77. The number of rotatable bonds is 4. The van der Waals surface area contributed by atoms with Crippen molar-refractivity contribution >= 4 is 17.2 Å². The lowest BCUT2D eigenvalue weighted by Gasteiger charge is -2.26. The van der Waals surface area contributed by atoms with Crippen LogP contribution in [0, 0.1) is 0 Å². The Balaban J connectivity index is 1.66. The van der Waals surface area contributed by atoms with Gasteiger partial charge in [-0.1, -0.05) is 43.3 Å². The highest BCUT2D eigenvalue weighted by molar-refractivity contribution is 7.07. The van der Waals surface area contributed by atoms with E-state index in [0.717, 1.165) is 25.3 Å². The van der Waals surface area contributed by atoms with Crippen LogP contribution in [0.3, 0.4) is 0 Å². The molecule has 23 heavy (non-hydrogen) atoms. The van der Waals surface area contributed by atoms with Gasteiger partial charge in [-0.25, -0.2) is 4.98 Å². The molecule has 4 rings (SSSR count). The molecule has 116 valence electrons. The van der Waals surface area contributed by atoms with Crippen molar-refractivity contribution in [2.45, 2.75) is 25.3 Å². The Hall–Kier alpha value is -2.13. The molecule has 1 atom stereocenters. The van der Waals surface area contributed by atoms with E-state index in [2.05, 4.69) is 71.1 Å². The quantitative estimate of drug-likeness (QED) is 0.695. The molecule has 0 aliphatic carbocycles. The summed E-state index contributed by atoms with van der Waals surface area (Å²) >= 11 is 1.78. The molecule has 0 amide bonds. The van der Waals surface area contributed by atoms with E-state index < -0.39 is 0 Å². The van der Waals surface area contributed by atoms with E-state index in [9.17, 15) is 0 Å². The lowest BCUT2D eigenvalue weighted by molar-refractivity contribution is 0.494. The summed E-state index contributed by atoms with van der Waals surface area (Å²) in [6, 6.07) is 17.2. The van der Waals surface area contributed by atoms with Crippen LogP contribution in [0.5, 0.6) is 0 Å². The molecule has 0 radical (unpaired) electrons. The molecule has 0 saturated heterocycles. The second-order valence-corrected chi connectivity index (χ2v) is 7.37. The van der Waals surface area contributed by atoms with Gasteiger partial charge in [0.2, 0.25) is 0 Å². The lowest BCUT2D eigenvalue weighted by atomic mass is 9.80. The number of pyridine rings is 1. The van der Waals surface area contributed by atoms with E-state index in [0.29, 0.717) is 0 Å². The summed E-state index contributed by atoms with van der Waals surface area (Å²) in [4.78, 5) is 7.12. The first-order valence-electron chi connectivity index (χ1n) is 8.00. The van der Waals surface area contributed by atoms with Crippen LogP contribution in [-0.4, -0.2) is 11.5 Å². The van der Waals surface area contributed by atoms with E-state index in [1.807, 2.05) is 6.20 Å². The normalized spacial score (nSPS) is 19.8. The van der Waals surface area contributed by atoms with Crippen LogP contribution in [-0.2, 0) is 18.4 Å². The summed E-state index contributed by atoms with van der Waals surface area (Å²) in [6.07, 6.45) is 2.98. The third-order valence-corrected chi connectivity index (χ3v) is 5.40. The standard InChI is InChI=1S/C20H20N2S/c1-20(12-17-9-11-23-14-17)15-22(13-16-6-3-2-4-7-16)19-18(20)8-5-10-21-19/h2-11,14H,12-13,15H2,1H3/t20-/m1/s1. The summed E-state index contributed by atoms with van der Waals surface area (Å²) in [7, 11) is 0. The number of fused-ring (bicyclic) bond motifs is 1. The zero-order valence-corrected chi connectivity index (χ0v) is 14.1. The van der Waals surface area contributed by atoms with Gasteiger partial charge in [-0.05, 0) is 40.4 Å². The first-order valence-corrected chi connectivity index (χ1v) is 8.94. The van der Waals surface area contributed by atoms with Crippen molar-refractivity contribution in [3.8, 4) is 0 Å². The smallest absolute Gasteiger partial charge is 0.132 e. The molecule has 2 aromatic heterocycles. The van der Waals surface area contributed by atoms with Crippen LogP contribution in [0.15, 0.2) is 65.5 Å². The van der Waals surface area contributed by atoms with Crippen molar-refractivity contribution < 1.29 is 0 Å². The monoisotopic (exact) mass is 320 g/mol. The highest BCUT2D eigenvalue weighted by Gasteiger charge is 2.39. The predicted octanol–water partition coefficient (Wildman–Crippen LogP) is 4.66. The van der Waals surface area contributed by atoms with Gasteiger partial charge in [0.1, 0.15) is 5.82 Å². The highest BCUT2D eigenvalue weighted by atomic mass is 32.1. The minimum Gasteiger partial charge on any atom is -0.351 e. The summed E-state index contributed by atoms with van der Waals surface area (Å²) in [5, 5.41) is 4.43. The van der Waals surface area contributed by atoms with Crippen LogP contribution in [0.2, 0.25) is 0 Å². The fourth-order valence-corrected chi connectivity index (χ4v) is 4.30. The number of thiophene rings is 1. The number of aromatic nitrogens is 1. The van der Waals surface area contributed by atoms with Gasteiger partial charge in [0.05, 0.1) is 0 Å². The first kappa shape index (κ1) is 14.5. The van der Waals surface area contributed by atoms with Gasteiger partial charge >= 0.3 is 0 Å². The van der Waals surface area contributed by atoms with Crippen molar-refractivity contribution in [2.24, 2.45) is 0 Å². The van der Waals surface area contributed by atoms with E-state index in [1.54, 1.807) is 11.3 Å². The van der Waals surface area contributed by atoms with Crippen LogP contribution < -0.4 is 4.90 Å². The van der Waals surface area contributed by atoms with E-state index in [4.69, 9.17) is 4.98 Å². The summed E-state index contributed by atoms with van der Waals surface area (Å²) in [5.74, 6) is 1.15. The molecule has 0 saturated carbocycles.